The Balaban J connectivity index is 1.06. The minimum absolute atomic E-state index is 0.0304. The van der Waals surface area contributed by atoms with Gasteiger partial charge < -0.3 is 23.7 Å². The monoisotopic (exact) mass is 706 g/mol. The topological polar surface area (TPSA) is 97.4 Å². The van der Waals surface area contributed by atoms with Crippen LogP contribution in [0.1, 0.15) is 103 Å². The lowest BCUT2D eigenvalue weighted by atomic mass is 9.72. The average molecular weight is 707 g/mol. The zero-order chi connectivity index (χ0) is 37.0. The van der Waals surface area contributed by atoms with E-state index < -0.39 is 11.9 Å². The van der Waals surface area contributed by atoms with Gasteiger partial charge in [-0.15, -0.1) is 0 Å². The molecule has 4 saturated carbocycles. The van der Waals surface area contributed by atoms with Crippen LogP contribution in [0, 0.1) is 65.3 Å². The Morgan fingerprint density at radius 3 is 1.77 bits per heavy atom. The molecule has 0 radical (unpaired) electrons. The summed E-state index contributed by atoms with van der Waals surface area (Å²) in [7, 11) is 0. The molecule has 0 unspecified atom stereocenters. The largest absolute Gasteiger partial charge is 0.462 e. The fraction of sp³-hybridized carbons (Fsp3) is 0.568. The van der Waals surface area contributed by atoms with Gasteiger partial charge in [0.15, 0.2) is 5.76 Å². The van der Waals surface area contributed by atoms with Crippen molar-refractivity contribution in [1.29, 1.82) is 0 Å². The molecule has 4 rings (SSSR count). The molecule has 0 aromatic rings. The van der Waals surface area contributed by atoms with Crippen LogP contribution in [0.5, 0.6) is 0 Å². The molecule has 0 bridgehead atoms. The first kappa shape index (κ1) is 40.1. The summed E-state index contributed by atoms with van der Waals surface area (Å²) in [5, 5.41) is 0. The van der Waals surface area contributed by atoms with Crippen LogP contribution >= 0.6 is 0 Å². The highest BCUT2D eigenvalue weighted by molar-refractivity contribution is 5.82. The molecule has 4 aliphatic rings. The Morgan fingerprint density at radius 1 is 0.615 bits per heavy atom. The minimum atomic E-state index is -0.620. The van der Waals surface area contributed by atoms with Crippen molar-refractivity contribution >= 4 is 17.9 Å². The van der Waals surface area contributed by atoms with E-state index >= 15 is 0 Å². The number of esters is 3. The first-order valence-electron chi connectivity index (χ1n) is 18.6. The smallest absolute Gasteiger partial charge is 0.344 e. The van der Waals surface area contributed by atoms with Crippen molar-refractivity contribution < 1.29 is 38.1 Å². The van der Waals surface area contributed by atoms with Crippen LogP contribution < -0.4 is 0 Å². The fourth-order valence-electron chi connectivity index (χ4n) is 7.70. The van der Waals surface area contributed by atoms with Gasteiger partial charge in [-0.2, -0.15) is 0 Å². The number of hydrogen-bond donors (Lipinski definition) is 0. The van der Waals surface area contributed by atoms with E-state index in [1.807, 2.05) is 0 Å². The van der Waals surface area contributed by atoms with Gasteiger partial charge in [-0.25, -0.2) is 9.59 Å². The third-order valence-corrected chi connectivity index (χ3v) is 10.6. The summed E-state index contributed by atoms with van der Waals surface area (Å²) < 4.78 is 28.2. The van der Waals surface area contributed by atoms with Crippen LogP contribution in [-0.4, -0.2) is 43.0 Å². The van der Waals surface area contributed by atoms with Gasteiger partial charge in [0.25, 0.3) is 0 Å². The SMILES string of the molecule is C=C=C=C=C=C(OC(=O)C=C)C1CCC(OCOC2CCC(C3CCC(OC(=O)C4CCC(C#CC#CC#COC(=O)C=C)CC4)CC3)CC2)CC1. The van der Waals surface area contributed by atoms with E-state index in [2.05, 4.69) is 83.1 Å². The van der Waals surface area contributed by atoms with Crippen LogP contribution in [-0.2, 0) is 38.1 Å². The molecule has 0 saturated heterocycles. The van der Waals surface area contributed by atoms with E-state index in [1.165, 1.54) is 12.8 Å². The van der Waals surface area contributed by atoms with Crippen molar-refractivity contribution in [2.45, 2.75) is 121 Å². The second kappa shape index (κ2) is 22.3. The van der Waals surface area contributed by atoms with Crippen LogP contribution in [0.25, 0.3) is 0 Å². The number of carbonyl (C=O) groups is 3. The van der Waals surface area contributed by atoms with Gasteiger partial charge in [-0.05, 0) is 150 Å². The lowest BCUT2D eigenvalue weighted by molar-refractivity contribution is -0.158. The molecule has 0 N–H and O–H groups in total. The highest BCUT2D eigenvalue weighted by Gasteiger charge is 2.34. The van der Waals surface area contributed by atoms with E-state index in [0.717, 1.165) is 102 Å². The molecule has 4 fully saturated rings. The van der Waals surface area contributed by atoms with Gasteiger partial charge in [-0.3, -0.25) is 4.79 Å². The predicted octanol–water partition coefficient (Wildman–Crippen LogP) is 7.56. The van der Waals surface area contributed by atoms with E-state index in [1.54, 1.807) is 0 Å². The van der Waals surface area contributed by atoms with E-state index in [4.69, 9.17) is 18.9 Å². The standard InChI is InChI=1S/C44H50O8/c1-4-7-10-14-41(52-43(46)6-3)36-23-27-39(28-24-36)50-32-49-38-25-19-34(20-26-38)35-21-29-40(30-22-35)51-44(47)37-17-15-33(16-18-37)13-11-8-9-12-31-48-42(45)5-2/h5-6,33-40H,1-3,15-30,32H2. The maximum Gasteiger partial charge on any atom is 0.344 e. The van der Waals surface area contributed by atoms with Crippen molar-refractivity contribution in [2.75, 3.05) is 6.79 Å². The first-order valence-corrected chi connectivity index (χ1v) is 18.6. The van der Waals surface area contributed by atoms with Crippen LogP contribution in [0.2, 0.25) is 0 Å². The zero-order valence-corrected chi connectivity index (χ0v) is 30.2. The normalized spacial score (nSPS) is 27.8. The van der Waals surface area contributed by atoms with Gasteiger partial charge >= 0.3 is 17.9 Å². The molecule has 0 amide bonds. The summed E-state index contributed by atoms with van der Waals surface area (Å²) in [5.41, 5.74) is 10.7. The Labute approximate surface area is 309 Å². The molecule has 52 heavy (non-hydrogen) atoms. The Morgan fingerprint density at radius 2 is 1.17 bits per heavy atom. The van der Waals surface area contributed by atoms with Crippen molar-refractivity contribution in [3.05, 3.63) is 60.6 Å². The third-order valence-electron chi connectivity index (χ3n) is 10.6. The number of ether oxygens (including phenoxy) is 5. The van der Waals surface area contributed by atoms with Gasteiger partial charge in [0.05, 0.1) is 18.1 Å². The summed E-state index contributed by atoms with van der Waals surface area (Å²) >= 11 is 0. The summed E-state index contributed by atoms with van der Waals surface area (Å²) in [6, 6.07) is 0. The fourth-order valence-corrected chi connectivity index (χ4v) is 7.70. The highest BCUT2D eigenvalue weighted by atomic mass is 16.7. The number of allylic oxidation sites excluding steroid dienone is 1. The number of rotatable bonds is 11. The van der Waals surface area contributed by atoms with E-state index in [9.17, 15) is 14.4 Å². The molecule has 0 spiro atoms. The Kier molecular flexibility index (Phi) is 17.2. The van der Waals surface area contributed by atoms with Crippen molar-refractivity contribution in [2.24, 2.45) is 29.6 Å². The molecule has 4 aliphatic carbocycles. The summed E-state index contributed by atoms with van der Waals surface area (Å²) in [6.07, 6.45) is 19.9. The minimum Gasteiger partial charge on any atom is -0.462 e. The van der Waals surface area contributed by atoms with Crippen LogP contribution in [0.4, 0.5) is 0 Å². The van der Waals surface area contributed by atoms with Crippen LogP contribution in [0.15, 0.2) is 60.6 Å². The molecule has 0 aromatic carbocycles. The highest BCUT2D eigenvalue weighted by Crippen LogP contribution is 2.40. The second-order valence-corrected chi connectivity index (χ2v) is 13.9. The quantitative estimate of drug-likeness (QED) is 0.0413. The molecule has 8 nitrogen and oxygen atoms in total. The number of hydrogen-bond acceptors (Lipinski definition) is 8. The molecule has 0 heterocycles. The van der Waals surface area contributed by atoms with Crippen molar-refractivity contribution in [1.82, 2.24) is 0 Å². The average Bonchev–Trinajstić information content (AvgIpc) is 3.18. The summed E-state index contributed by atoms with van der Waals surface area (Å²) in [5.74, 6) is 14.4. The number of carbonyl (C=O) groups excluding carboxylic acids is 3. The van der Waals surface area contributed by atoms with Gasteiger partial charge in [0.2, 0.25) is 0 Å². The lowest BCUT2D eigenvalue weighted by Gasteiger charge is -2.38. The molecular formula is C44H50O8. The molecule has 0 aliphatic heterocycles. The predicted molar refractivity (Wildman–Crippen MR) is 195 cm³/mol. The van der Waals surface area contributed by atoms with E-state index in [0.29, 0.717) is 24.4 Å². The van der Waals surface area contributed by atoms with Gasteiger partial charge in [-0.1, -0.05) is 24.8 Å². The molecule has 0 aromatic heterocycles. The Hall–Kier alpha value is -4.65. The third kappa shape index (κ3) is 13.8. The lowest BCUT2D eigenvalue weighted by Crippen LogP contribution is -2.33. The maximum atomic E-state index is 12.9. The summed E-state index contributed by atoms with van der Waals surface area (Å²) in [4.78, 5) is 35.6. The van der Waals surface area contributed by atoms with Crippen molar-refractivity contribution in [3.8, 4) is 35.7 Å². The van der Waals surface area contributed by atoms with E-state index in [-0.39, 0.29) is 42.0 Å². The molecule has 0 atom stereocenters. The molecule has 8 heteroatoms. The maximum absolute atomic E-state index is 12.9. The summed E-state index contributed by atoms with van der Waals surface area (Å²) in [6.45, 7) is 10.5. The molecule has 274 valence electrons. The van der Waals surface area contributed by atoms with Crippen LogP contribution in [0.3, 0.4) is 0 Å². The zero-order valence-electron chi connectivity index (χ0n) is 30.2. The van der Waals surface area contributed by atoms with Crippen molar-refractivity contribution in [3.63, 3.8) is 0 Å². The van der Waals surface area contributed by atoms with Gasteiger partial charge in [0, 0.05) is 35.8 Å². The Bertz CT molecular complexity index is 1610. The molecular weight excluding hydrogens is 656 g/mol. The second-order valence-electron chi connectivity index (χ2n) is 13.9. The first-order chi connectivity index (χ1) is 25.4. The van der Waals surface area contributed by atoms with Gasteiger partial charge in [0.1, 0.15) is 19.0 Å².